The molecule has 0 spiro atoms. The summed E-state index contributed by atoms with van der Waals surface area (Å²) in [5.41, 5.74) is 1.00. The number of aromatic nitrogens is 1. The highest BCUT2D eigenvalue weighted by Crippen LogP contribution is 2.53. The van der Waals surface area contributed by atoms with E-state index in [1.54, 1.807) is 35.5 Å². The van der Waals surface area contributed by atoms with Crippen molar-refractivity contribution in [3.63, 3.8) is 0 Å². The maximum absolute atomic E-state index is 13.4. The van der Waals surface area contributed by atoms with Gasteiger partial charge in [-0.3, -0.25) is 0 Å². The van der Waals surface area contributed by atoms with Crippen LogP contribution in [0.15, 0.2) is 39.8 Å². The van der Waals surface area contributed by atoms with Crippen molar-refractivity contribution in [3.8, 4) is 0 Å². The Morgan fingerprint density at radius 1 is 1.27 bits per heavy atom. The average molecular weight is 433 g/mol. The molecule has 2 fully saturated rings. The highest BCUT2D eigenvalue weighted by Gasteiger charge is 2.53. The van der Waals surface area contributed by atoms with Crippen molar-refractivity contribution in [1.82, 2.24) is 9.46 Å². The van der Waals surface area contributed by atoms with Gasteiger partial charge in [0.05, 0.1) is 16.2 Å². The number of aryl methyl sites for hydroxylation is 1. The maximum Gasteiger partial charge on any atom is 0.338 e. The first-order chi connectivity index (χ1) is 14.0. The summed E-state index contributed by atoms with van der Waals surface area (Å²) in [7, 11) is -3.70. The Labute approximate surface area is 177 Å². The third kappa shape index (κ3) is 4.03. The number of esters is 1. The molecule has 0 radical (unpaired) electrons. The third-order valence-electron chi connectivity index (χ3n) is 6.07. The van der Waals surface area contributed by atoms with Crippen LogP contribution in [0.2, 0.25) is 0 Å². The SMILES string of the molecule is Cc1cc(COC(=O)c2cccc(S(=O)(=O)N3CC4(C)CC3CC(C)(C)C4)c2)on1. The molecule has 8 heteroatoms. The Kier molecular flexibility index (Phi) is 5.05. The lowest BCUT2D eigenvalue weighted by atomic mass is 9.65. The van der Waals surface area contributed by atoms with E-state index in [1.165, 1.54) is 6.07 Å². The van der Waals surface area contributed by atoms with Gasteiger partial charge in [0.25, 0.3) is 0 Å². The van der Waals surface area contributed by atoms with Crippen LogP contribution in [0.3, 0.4) is 0 Å². The summed E-state index contributed by atoms with van der Waals surface area (Å²) < 4.78 is 38.8. The van der Waals surface area contributed by atoms with Crippen molar-refractivity contribution in [2.24, 2.45) is 10.8 Å². The fourth-order valence-electron chi connectivity index (χ4n) is 5.31. The predicted molar refractivity (Wildman–Crippen MR) is 110 cm³/mol. The first-order valence-electron chi connectivity index (χ1n) is 10.2. The van der Waals surface area contributed by atoms with E-state index in [-0.39, 0.29) is 33.9 Å². The van der Waals surface area contributed by atoms with Crippen LogP contribution in [0.5, 0.6) is 0 Å². The molecule has 2 aromatic rings. The third-order valence-corrected chi connectivity index (χ3v) is 7.96. The quantitative estimate of drug-likeness (QED) is 0.665. The highest BCUT2D eigenvalue weighted by atomic mass is 32.2. The van der Waals surface area contributed by atoms with E-state index in [0.717, 1.165) is 19.3 Å². The van der Waals surface area contributed by atoms with E-state index in [4.69, 9.17) is 9.26 Å². The fourth-order valence-corrected chi connectivity index (χ4v) is 7.13. The molecule has 1 aliphatic heterocycles. The van der Waals surface area contributed by atoms with E-state index in [1.807, 2.05) is 0 Å². The molecule has 1 aliphatic carbocycles. The van der Waals surface area contributed by atoms with Gasteiger partial charge in [-0.2, -0.15) is 4.31 Å². The van der Waals surface area contributed by atoms with Crippen LogP contribution in [0.4, 0.5) is 0 Å². The largest absolute Gasteiger partial charge is 0.454 e. The average Bonchev–Trinajstić information content (AvgIpc) is 3.19. The van der Waals surface area contributed by atoms with E-state index in [2.05, 4.69) is 25.9 Å². The number of fused-ring (bicyclic) bond motifs is 2. The molecule has 1 aromatic carbocycles. The van der Waals surface area contributed by atoms with Crippen molar-refractivity contribution in [3.05, 3.63) is 47.3 Å². The van der Waals surface area contributed by atoms with Gasteiger partial charge in [-0.1, -0.05) is 32.0 Å². The van der Waals surface area contributed by atoms with Gasteiger partial charge in [0.1, 0.15) is 0 Å². The van der Waals surface area contributed by atoms with E-state index in [0.29, 0.717) is 18.0 Å². The van der Waals surface area contributed by atoms with Crippen molar-refractivity contribution in [1.29, 1.82) is 0 Å². The van der Waals surface area contributed by atoms with Gasteiger partial charge in [-0.25, -0.2) is 13.2 Å². The Morgan fingerprint density at radius 2 is 2.03 bits per heavy atom. The molecule has 1 saturated carbocycles. The summed E-state index contributed by atoms with van der Waals surface area (Å²) in [5.74, 6) is -0.167. The lowest BCUT2D eigenvalue weighted by Gasteiger charge is -2.39. The second kappa shape index (κ2) is 7.20. The molecule has 0 amide bonds. The molecular weight excluding hydrogens is 404 g/mol. The Morgan fingerprint density at radius 3 is 2.73 bits per heavy atom. The van der Waals surface area contributed by atoms with Gasteiger partial charge in [0, 0.05) is 18.7 Å². The van der Waals surface area contributed by atoms with Crippen LogP contribution in [-0.2, 0) is 21.4 Å². The van der Waals surface area contributed by atoms with Crippen molar-refractivity contribution in [2.45, 2.75) is 64.5 Å². The predicted octanol–water partition coefficient (Wildman–Crippen LogP) is 3.93. The molecule has 4 rings (SSSR count). The van der Waals surface area contributed by atoms with Crippen molar-refractivity contribution >= 4 is 16.0 Å². The van der Waals surface area contributed by atoms with Gasteiger partial charge in [-0.15, -0.1) is 0 Å². The van der Waals surface area contributed by atoms with Crippen LogP contribution in [0, 0.1) is 17.8 Å². The second-order valence-electron chi connectivity index (χ2n) is 9.80. The first-order valence-corrected chi connectivity index (χ1v) is 11.6. The van der Waals surface area contributed by atoms with Crippen LogP contribution < -0.4 is 0 Å². The van der Waals surface area contributed by atoms with Gasteiger partial charge < -0.3 is 9.26 Å². The number of sulfonamides is 1. The monoisotopic (exact) mass is 432 g/mol. The van der Waals surface area contributed by atoms with Crippen LogP contribution in [0.1, 0.15) is 61.8 Å². The lowest BCUT2D eigenvalue weighted by molar-refractivity contribution is 0.0437. The molecule has 30 heavy (non-hydrogen) atoms. The Balaban J connectivity index is 1.53. The summed E-state index contributed by atoms with van der Waals surface area (Å²) >= 11 is 0. The minimum absolute atomic E-state index is 0.00551. The molecule has 2 bridgehead atoms. The van der Waals surface area contributed by atoms with Gasteiger partial charge in [0.2, 0.25) is 10.0 Å². The number of carbonyl (C=O) groups is 1. The molecular formula is C22H28N2O5S. The number of hydrogen-bond donors (Lipinski definition) is 0. The highest BCUT2D eigenvalue weighted by molar-refractivity contribution is 7.89. The molecule has 162 valence electrons. The Hall–Kier alpha value is -2.19. The number of ether oxygens (including phenoxy) is 1. The van der Waals surface area contributed by atoms with Crippen molar-refractivity contribution < 1.29 is 22.5 Å². The Bertz CT molecular complexity index is 1070. The van der Waals surface area contributed by atoms with Gasteiger partial charge in [0.15, 0.2) is 12.4 Å². The van der Waals surface area contributed by atoms with Crippen molar-refractivity contribution in [2.75, 3.05) is 6.54 Å². The second-order valence-corrected chi connectivity index (χ2v) is 11.7. The molecule has 2 atom stereocenters. The number of benzene rings is 1. The summed E-state index contributed by atoms with van der Waals surface area (Å²) in [6.07, 6.45) is 2.74. The zero-order valence-corrected chi connectivity index (χ0v) is 18.7. The molecule has 2 aliphatic rings. The molecule has 1 aromatic heterocycles. The molecule has 1 saturated heterocycles. The number of carbonyl (C=O) groups excluding carboxylic acids is 1. The molecule has 2 unspecified atom stereocenters. The zero-order chi connectivity index (χ0) is 21.7. The van der Waals surface area contributed by atoms with Gasteiger partial charge in [-0.05, 0) is 55.2 Å². The molecule has 2 heterocycles. The lowest BCUT2D eigenvalue weighted by Crippen LogP contribution is -2.37. The number of hydrogen-bond acceptors (Lipinski definition) is 6. The smallest absolute Gasteiger partial charge is 0.338 e. The fraction of sp³-hybridized carbons (Fsp3) is 0.545. The van der Waals surface area contributed by atoms with E-state index in [9.17, 15) is 13.2 Å². The van der Waals surface area contributed by atoms with E-state index >= 15 is 0 Å². The number of rotatable bonds is 5. The van der Waals surface area contributed by atoms with Crippen LogP contribution in [-0.4, -0.2) is 36.4 Å². The molecule has 7 nitrogen and oxygen atoms in total. The topological polar surface area (TPSA) is 89.7 Å². The van der Waals surface area contributed by atoms with Gasteiger partial charge >= 0.3 is 5.97 Å². The minimum Gasteiger partial charge on any atom is -0.454 e. The van der Waals surface area contributed by atoms with Crippen LogP contribution >= 0.6 is 0 Å². The molecule has 0 N–H and O–H groups in total. The first kappa shape index (κ1) is 21.1. The van der Waals surface area contributed by atoms with E-state index < -0.39 is 16.0 Å². The summed E-state index contributed by atoms with van der Waals surface area (Å²) in [6, 6.07) is 7.76. The normalized spacial score (nSPS) is 25.9. The standard InChI is InChI=1S/C22H28N2O5S/c1-15-8-18(29-23-15)12-28-20(25)16-6-5-7-19(9-16)30(26,27)24-14-22(4)11-17(24)10-21(2,3)13-22/h5-9,17H,10-14H2,1-4H3. The number of nitrogens with zero attached hydrogens (tertiary/aromatic N) is 2. The zero-order valence-electron chi connectivity index (χ0n) is 17.8. The minimum atomic E-state index is -3.70. The summed E-state index contributed by atoms with van der Waals surface area (Å²) in [4.78, 5) is 12.6. The van der Waals surface area contributed by atoms with Crippen LogP contribution in [0.25, 0.3) is 0 Å². The summed E-state index contributed by atoms with van der Waals surface area (Å²) in [5, 5.41) is 3.75. The maximum atomic E-state index is 13.4. The summed E-state index contributed by atoms with van der Waals surface area (Å²) in [6.45, 7) is 8.83.